The fraction of sp³-hybridized carbons (Fsp3) is 0.500. The molecule has 1 aromatic carbocycles. The third-order valence-corrected chi connectivity index (χ3v) is 2.73. The zero-order valence-corrected chi connectivity index (χ0v) is 10.1. The van der Waals surface area contributed by atoms with Crippen LogP contribution < -0.4 is 4.74 Å². The number of rotatable bonds is 5. The summed E-state index contributed by atoms with van der Waals surface area (Å²) < 4.78 is 5.23. The fourth-order valence-corrected chi connectivity index (χ4v) is 1.82. The first-order chi connectivity index (χ1) is 7.22. The van der Waals surface area contributed by atoms with Gasteiger partial charge in [0.2, 0.25) is 0 Å². The van der Waals surface area contributed by atoms with E-state index in [4.69, 9.17) is 4.74 Å². The van der Waals surface area contributed by atoms with Crippen LogP contribution in [0.2, 0.25) is 0 Å². The quantitative estimate of drug-likeness (QED) is 0.756. The van der Waals surface area contributed by atoms with Gasteiger partial charge in [0.05, 0.1) is 13.2 Å². The van der Waals surface area contributed by atoms with E-state index in [9.17, 15) is 5.11 Å². The molecule has 0 heterocycles. The van der Waals surface area contributed by atoms with Crippen molar-refractivity contribution in [2.45, 2.75) is 25.9 Å². The lowest BCUT2D eigenvalue weighted by molar-refractivity contribution is 0.175. The largest absolute Gasteiger partial charge is 0.496 e. The Morgan fingerprint density at radius 2 is 2.20 bits per heavy atom. The third kappa shape index (κ3) is 3.14. The molecule has 0 aliphatic rings. The molecule has 84 valence electrons. The van der Waals surface area contributed by atoms with Gasteiger partial charge in [0.15, 0.2) is 0 Å². The van der Waals surface area contributed by atoms with Crippen LogP contribution >= 0.6 is 12.6 Å². The van der Waals surface area contributed by atoms with E-state index in [-0.39, 0.29) is 0 Å². The number of thiol groups is 1. The minimum absolute atomic E-state index is 0.418. The number of aliphatic hydroxyl groups excluding tert-OH is 1. The third-order valence-electron chi connectivity index (χ3n) is 2.47. The SMILES string of the molecule is CCc1cc(C(O)CCS)ccc1OC. The monoisotopic (exact) mass is 226 g/mol. The number of methoxy groups -OCH3 is 1. The summed E-state index contributed by atoms with van der Waals surface area (Å²) in [4.78, 5) is 0. The van der Waals surface area contributed by atoms with Crippen molar-refractivity contribution in [3.8, 4) is 5.75 Å². The van der Waals surface area contributed by atoms with Gasteiger partial charge in [-0.05, 0) is 41.9 Å². The van der Waals surface area contributed by atoms with E-state index in [2.05, 4.69) is 19.6 Å². The molecule has 1 unspecified atom stereocenters. The summed E-state index contributed by atoms with van der Waals surface area (Å²) in [6.45, 7) is 2.08. The molecule has 0 spiro atoms. The van der Waals surface area contributed by atoms with Gasteiger partial charge >= 0.3 is 0 Å². The lowest BCUT2D eigenvalue weighted by atomic mass is 10.0. The van der Waals surface area contributed by atoms with Gasteiger partial charge in [-0.2, -0.15) is 12.6 Å². The Kier molecular flexibility index (Phi) is 4.99. The van der Waals surface area contributed by atoms with Gasteiger partial charge in [-0.1, -0.05) is 13.0 Å². The number of hydrogen-bond acceptors (Lipinski definition) is 3. The molecule has 0 aliphatic carbocycles. The maximum atomic E-state index is 9.81. The van der Waals surface area contributed by atoms with Gasteiger partial charge in [0.1, 0.15) is 5.75 Å². The molecule has 1 aromatic rings. The van der Waals surface area contributed by atoms with Crippen LogP contribution in [-0.4, -0.2) is 18.0 Å². The molecule has 0 bridgehead atoms. The van der Waals surface area contributed by atoms with E-state index < -0.39 is 6.10 Å². The highest BCUT2D eigenvalue weighted by Gasteiger charge is 2.09. The van der Waals surface area contributed by atoms with Crippen LogP contribution in [0, 0.1) is 0 Å². The molecule has 0 saturated carbocycles. The van der Waals surface area contributed by atoms with Crippen LogP contribution in [0.4, 0.5) is 0 Å². The Bertz CT molecular complexity index is 312. The van der Waals surface area contributed by atoms with Gasteiger partial charge in [-0.3, -0.25) is 0 Å². The fourth-order valence-electron chi connectivity index (χ4n) is 1.57. The Morgan fingerprint density at radius 3 is 2.73 bits per heavy atom. The predicted molar refractivity (Wildman–Crippen MR) is 65.8 cm³/mol. The highest BCUT2D eigenvalue weighted by Crippen LogP contribution is 2.25. The summed E-state index contributed by atoms with van der Waals surface area (Å²) in [6, 6.07) is 5.83. The summed E-state index contributed by atoms with van der Waals surface area (Å²) in [5.41, 5.74) is 2.08. The summed E-state index contributed by atoms with van der Waals surface area (Å²) in [5, 5.41) is 9.81. The van der Waals surface area contributed by atoms with Crippen molar-refractivity contribution < 1.29 is 9.84 Å². The Hall–Kier alpha value is -0.670. The number of hydrogen-bond donors (Lipinski definition) is 2. The lowest BCUT2D eigenvalue weighted by Crippen LogP contribution is -2.00. The molecule has 0 fully saturated rings. The first kappa shape index (κ1) is 12.4. The Labute approximate surface area is 96.7 Å². The van der Waals surface area contributed by atoms with Crippen molar-refractivity contribution >= 4 is 12.6 Å². The second-order valence-electron chi connectivity index (χ2n) is 3.45. The normalized spacial score (nSPS) is 12.5. The van der Waals surface area contributed by atoms with E-state index >= 15 is 0 Å². The van der Waals surface area contributed by atoms with Crippen LogP contribution in [0.25, 0.3) is 0 Å². The van der Waals surface area contributed by atoms with Crippen molar-refractivity contribution in [3.63, 3.8) is 0 Å². The second kappa shape index (κ2) is 6.03. The van der Waals surface area contributed by atoms with Crippen molar-refractivity contribution in [1.29, 1.82) is 0 Å². The number of ether oxygens (including phenoxy) is 1. The first-order valence-electron chi connectivity index (χ1n) is 5.18. The van der Waals surface area contributed by atoms with Gasteiger partial charge in [0.25, 0.3) is 0 Å². The summed E-state index contributed by atoms with van der Waals surface area (Å²) in [6.07, 6.45) is 1.17. The molecule has 1 N–H and O–H groups in total. The maximum Gasteiger partial charge on any atom is 0.122 e. The van der Waals surface area contributed by atoms with Crippen LogP contribution in [-0.2, 0) is 6.42 Å². The van der Waals surface area contributed by atoms with Crippen molar-refractivity contribution in [2.75, 3.05) is 12.9 Å². The molecule has 3 heteroatoms. The van der Waals surface area contributed by atoms with Crippen LogP contribution in [0.3, 0.4) is 0 Å². The summed E-state index contributed by atoms with van der Waals surface area (Å²) in [5.74, 6) is 1.58. The molecule has 1 rings (SSSR count). The van der Waals surface area contributed by atoms with Crippen molar-refractivity contribution in [3.05, 3.63) is 29.3 Å². The average Bonchev–Trinajstić information content (AvgIpc) is 2.28. The maximum absolute atomic E-state index is 9.81. The predicted octanol–water partition coefficient (Wildman–Crippen LogP) is 2.61. The highest BCUT2D eigenvalue weighted by molar-refractivity contribution is 7.80. The summed E-state index contributed by atoms with van der Waals surface area (Å²) in [7, 11) is 1.66. The van der Waals surface area contributed by atoms with E-state index in [0.29, 0.717) is 12.2 Å². The minimum Gasteiger partial charge on any atom is -0.496 e. The van der Waals surface area contributed by atoms with Crippen LogP contribution in [0.1, 0.15) is 30.6 Å². The molecule has 0 saturated heterocycles. The van der Waals surface area contributed by atoms with E-state index in [1.165, 1.54) is 0 Å². The lowest BCUT2D eigenvalue weighted by Gasteiger charge is -2.13. The standard InChI is InChI=1S/C12H18O2S/c1-3-9-8-10(11(13)6-7-15)4-5-12(9)14-2/h4-5,8,11,13,15H,3,6-7H2,1-2H3. The highest BCUT2D eigenvalue weighted by atomic mass is 32.1. The van der Waals surface area contributed by atoms with Crippen LogP contribution in [0.15, 0.2) is 18.2 Å². The topological polar surface area (TPSA) is 29.5 Å². The van der Waals surface area contributed by atoms with E-state index in [0.717, 1.165) is 23.3 Å². The van der Waals surface area contributed by atoms with Crippen molar-refractivity contribution in [2.24, 2.45) is 0 Å². The van der Waals surface area contributed by atoms with Gasteiger partial charge in [-0.25, -0.2) is 0 Å². The minimum atomic E-state index is -0.418. The summed E-state index contributed by atoms with van der Waals surface area (Å²) >= 11 is 4.11. The smallest absolute Gasteiger partial charge is 0.122 e. The van der Waals surface area contributed by atoms with Gasteiger partial charge < -0.3 is 9.84 Å². The van der Waals surface area contributed by atoms with Crippen LogP contribution in [0.5, 0.6) is 5.75 Å². The first-order valence-corrected chi connectivity index (χ1v) is 5.81. The molecule has 0 aromatic heterocycles. The molecule has 0 aliphatic heterocycles. The Balaban J connectivity index is 2.92. The molecular weight excluding hydrogens is 208 g/mol. The van der Waals surface area contributed by atoms with Gasteiger partial charge in [-0.15, -0.1) is 0 Å². The molecule has 1 atom stereocenters. The number of aryl methyl sites for hydroxylation is 1. The number of benzene rings is 1. The zero-order valence-electron chi connectivity index (χ0n) is 9.23. The molecule has 15 heavy (non-hydrogen) atoms. The molecular formula is C12H18O2S. The van der Waals surface area contributed by atoms with E-state index in [1.54, 1.807) is 7.11 Å². The average molecular weight is 226 g/mol. The zero-order chi connectivity index (χ0) is 11.3. The molecule has 0 amide bonds. The van der Waals surface area contributed by atoms with Gasteiger partial charge in [0, 0.05) is 0 Å². The second-order valence-corrected chi connectivity index (χ2v) is 3.90. The number of aliphatic hydroxyl groups is 1. The molecule has 0 radical (unpaired) electrons. The Morgan fingerprint density at radius 1 is 1.47 bits per heavy atom. The van der Waals surface area contributed by atoms with E-state index in [1.807, 2.05) is 18.2 Å². The van der Waals surface area contributed by atoms with Crippen molar-refractivity contribution in [1.82, 2.24) is 0 Å². The molecule has 2 nitrogen and oxygen atoms in total.